The number of pyridine rings is 2. The summed E-state index contributed by atoms with van der Waals surface area (Å²) < 4.78 is 6.55. The van der Waals surface area contributed by atoms with Crippen LogP contribution in [0.25, 0.3) is 22.0 Å². The maximum atomic E-state index is 13.3. The molecule has 2 N–H and O–H groups in total. The number of anilines is 2. The van der Waals surface area contributed by atoms with Crippen LogP contribution in [0.4, 0.5) is 16.3 Å². The molecule has 0 spiro atoms. The van der Waals surface area contributed by atoms with E-state index in [2.05, 4.69) is 36.2 Å². The first-order chi connectivity index (χ1) is 19.5. The number of carbonyl (C=O) groups excluding carboxylic acids is 1. The Morgan fingerprint density at radius 3 is 2.58 bits per heavy atom. The summed E-state index contributed by atoms with van der Waals surface area (Å²) in [7, 11) is 0. The van der Waals surface area contributed by atoms with Gasteiger partial charge < -0.3 is 20.1 Å². The van der Waals surface area contributed by atoms with Gasteiger partial charge in [-0.2, -0.15) is 9.78 Å². The Hall–Kier alpha value is -4.35. The summed E-state index contributed by atoms with van der Waals surface area (Å²) in [6, 6.07) is 10.4. The van der Waals surface area contributed by atoms with Gasteiger partial charge in [0.1, 0.15) is 5.82 Å². The maximum Gasteiger partial charge on any atom is 0.357 e. The summed E-state index contributed by atoms with van der Waals surface area (Å²) in [5.74, 6) is -0.396. The number of carboxylic acid groups (broad SMARTS) is 1. The monoisotopic (exact) mass is 541 g/mol. The van der Waals surface area contributed by atoms with Gasteiger partial charge in [-0.25, -0.2) is 14.6 Å². The first kappa shape index (κ1) is 25.9. The number of nitrogens with one attached hydrogen (secondary N) is 1. The minimum Gasteiger partial charge on any atom is -0.476 e. The zero-order chi connectivity index (χ0) is 27.5. The molecule has 40 heavy (non-hydrogen) atoms. The number of morpholine rings is 1. The van der Waals surface area contributed by atoms with Gasteiger partial charge in [-0.1, -0.05) is 6.07 Å². The van der Waals surface area contributed by atoms with Crippen LogP contribution in [0.3, 0.4) is 0 Å². The maximum absolute atomic E-state index is 13.3. The summed E-state index contributed by atoms with van der Waals surface area (Å²) >= 11 is 0. The molecule has 0 unspecified atom stereocenters. The van der Waals surface area contributed by atoms with Gasteiger partial charge in [0.25, 0.3) is 0 Å². The van der Waals surface area contributed by atoms with Gasteiger partial charge in [0.05, 0.1) is 18.7 Å². The molecule has 1 aromatic carbocycles. The van der Waals surface area contributed by atoms with Crippen molar-refractivity contribution in [2.75, 3.05) is 49.6 Å². The third-order valence-electron chi connectivity index (χ3n) is 7.39. The number of amides is 1. The molecular formula is C29H31N7O4. The highest BCUT2D eigenvalue weighted by Crippen LogP contribution is 2.28. The number of piperidine rings is 1. The van der Waals surface area contributed by atoms with Crippen LogP contribution in [0.1, 0.15) is 35.3 Å². The smallest absolute Gasteiger partial charge is 0.357 e. The van der Waals surface area contributed by atoms with Crippen LogP contribution in [-0.2, 0) is 11.3 Å². The molecule has 2 aliphatic rings. The highest BCUT2D eigenvalue weighted by atomic mass is 16.5. The van der Waals surface area contributed by atoms with Gasteiger partial charge in [0.15, 0.2) is 5.69 Å². The molecule has 4 aromatic rings. The van der Waals surface area contributed by atoms with Crippen LogP contribution in [-0.4, -0.2) is 81.1 Å². The van der Waals surface area contributed by atoms with Gasteiger partial charge in [-0.3, -0.25) is 9.88 Å². The highest BCUT2D eigenvalue weighted by Gasteiger charge is 2.22. The van der Waals surface area contributed by atoms with Crippen LogP contribution < -0.4 is 10.2 Å². The minimum absolute atomic E-state index is 0.187. The molecule has 5 heterocycles. The van der Waals surface area contributed by atoms with Crippen LogP contribution in [0.2, 0.25) is 0 Å². The Kier molecular flexibility index (Phi) is 7.39. The van der Waals surface area contributed by atoms with E-state index in [9.17, 15) is 14.7 Å². The van der Waals surface area contributed by atoms with E-state index in [0.717, 1.165) is 86.0 Å². The molecule has 2 aliphatic heterocycles. The third-order valence-corrected chi connectivity index (χ3v) is 7.39. The Bertz CT molecular complexity index is 1540. The fraction of sp³-hybridized carbons (Fsp3) is 0.345. The van der Waals surface area contributed by atoms with E-state index in [1.165, 1.54) is 6.42 Å². The van der Waals surface area contributed by atoms with Gasteiger partial charge in [0, 0.05) is 74.0 Å². The second-order valence-corrected chi connectivity index (χ2v) is 10.1. The molecule has 0 saturated carbocycles. The highest BCUT2D eigenvalue weighted by molar-refractivity contribution is 6.06. The second-order valence-electron chi connectivity index (χ2n) is 10.1. The molecule has 1 amide bonds. The molecule has 0 aliphatic carbocycles. The topological polar surface area (TPSA) is 126 Å². The number of carboxylic acids is 1. The summed E-state index contributed by atoms with van der Waals surface area (Å²) in [5, 5.41) is 17.3. The van der Waals surface area contributed by atoms with Gasteiger partial charge >= 0.3 is 12.0 Å². The first-order valence-corrected chi connectivity index (χ1v) is 13.6. The Morgan fingerprint density at radius 2 is 1.77 bits per heavy atom. The number of ether oxygens (including phenoxy) is 1. The van der Waals surface area contributed by atoms with Crippen molar-refractivity contribution < 1.29 is 19.4 Å². The number of rotatable bonds is 6. The van der Waals surface area contributed by atoms with Crippen molar-refractivity contribution >= 4 is 34.4 Å². The quantitative estimate of drug-likeness (QED) is 0.371. The lowest BCUT2D eigenvalue weighted by molar-refractivity contribution is 0.0341. The molecule has 11 nitrogen and oxygen atoms in total. The van der Waals surface area contributed by atoms with E-state index in [1.54, 1.807) is 30.6 Å². The lowest BCUT2D eigenvalue weighted by Crippen LogP contribution is -2.35. The van der Waals surface area contributed by atoms with E-state index in [-0.39, 0.29) is 5.69 Å². The van der Waals surface area contributed by atoms with E-state index < -0.39 is 12.0 Å². The van der Waals surface area contributed by atoms with Gasteiger partial charge in [-0.05, 0) is 54.7 Å². The average molecular weight is 542 g/mol. The van der Waals surface area contributed by atoms with E-state index in [4.69, 9.17) is 4.74 Å². The van der Waals surface area contributed by atoms with Crippen molar-refractivity contribution in [3.05, 3.63) is 66.2 Å². The number of fused-ring (bicyclic) bond motifs is 1. The average Bonchev–Trinajstić information content (AvgIpc) is 3.38. The van der Waals surface area contributed by atoms with Crippen molar-refractivity contribution in [2.24, 2.45) is 0 Å². The standard InChI is InChI=1S/C29H31N7O4/c37-28(38)27-24-15-21(22-14-20(17-30-18-22)19-34-10-12-40-13-11-34)4-5-25(24)36(33-27)29(39)32-23-6-7-31-26(16-23)35-8-2-1-3-9-35/h4-7,14-18H,1-3,8-13,19H2,(H,37,38)(H,31,32,39). The fourth-order valence-electron chi connectivity index (χ4n) is 5.33. The number of aromatic nitrogens is 4. The van der Waals surface area contributed by atoms with Crippen LogP contribution in [0.5, 0.6) is 0 Å². The second kappa shape index (κ2) is 11.4. The zero-order valence-corrected chi connectivity index (χ0v) is 22.1. The van der Waals surface area contributed by atoms with Crippen LogP contribution in [0.15, 0.2) is 55.0 Å². The number of benzene rings is 1. The molecule has 2 saturated heterocycles. The van der Waals surface area contributed by atoms with Gasteiger partial charge in [0.2, 0.25) is 0 Å². The predicted octanol–water partition coefficient (Wildman–Crippen LogP) is 4.09. The summed E-state index contributed by atoms with van der Waals surface area (Å²) in [4.78, 5) is 38.8. The number of aromatic carboxylic acids is 1. The summed E-state index contributed by atoms with van der Waals surface area (Å²) in [6.45, 7) is 5.82. The Morgan fingerprint density at radius 1 is 0.950 bits per heavy atom. The molecule has 206 valence electrons. The Labute approximate surface area is 231 Å². The number of nitrogens with zero attached hydrogens (tertiary/aromatic N) is 6. The van der Waals surface area contributed by atoms with E-state index >= 15 is 0 Å². The molecule has 11 heteroatoms. The zero-order valence-electron chi connectivity index (χ0n) is 22.1. The third kappa shape index (κ3) is 5.51. The van der Waals surface area contributed by atoms with Crippen molar-refractivity contribution in [1.29, 1.82) is 0 Å². The van der Waals surface area contributed by atoms with E-state index in [0.29, 0.717) is 16.6 Å². The molecule has 3 aromatic heterocycles. The van der Waals surface area contributed by atoms with Crippen LogP contribution in [0, 0.1) is 0 Å². The molecule has 0 bridgehead atoms. The van der Waals surface area contributed by atoms with Crippen molar-refractivity contribution in [3.8, 4) is 11.1 Å². The molecule has 0 radical (unpaired) electrons. The lowest BCUT2D eigenvalue weighted by atomic mass is 10.0. The summed E-state index contributed by atoms with van der Waals surface area (Å²) in [5.41, 5.74) is 3.51. The number of carbonyl (C=O) groups is 2. The van der Waals surface area contributed by atoms with E-state index in [1.807, 2.05) is 18.3 Å². The fourth-order valence-corrected chi connectivity index (χ4v) is 5.33. The predicted molar refractivity (Wildman–Crippen MR) is 151 cm³/mol. The molecule has 6 rings (SSSR count). The molecular weight excluding hydrogens is 510 g/mol. The van der Waals surface area contributed by atoms with Gasteiger partial charge in [-0.15, -0.1) is 0 Å². The molecule has 2 fully saturated rings. The largest absolute Gasteiger partial charge is 0.476 e. The SMILES string of the molecule is O=C(O)c1nn(C(=O)Nc2ccnc(N3CCCCC3)c2)c2ccc(-c3cncc(CN4CCOCC4)c3)cc12. The number of hydrogen-bond acceptors (Lipinski definition) is 8. The minimum atomic E-state index is -1.20. The van der Waals surface area contributed by atoms with Crippen molar-refractivity contribution in [1.82, 2.24) is 24.6 Å². The van der Waals surface area contributed by atoms with Crippen LogP contribution >= 0.6 is 0 Å². The number of hydrogen-bond donors (Lipinski definition) is 2. The van der Waals surface area contributed by atoms with Crippen molar-refractivity contribution in [3.63, 3.8) is 0 Å². The first-order valence-electron chi connectivity index (χ1n) is 13.6. The normalized spacial score (nSPS) is 16.2. The van der Waals surface area contributed by atoms with Crippen molar-refractivity contribution in [2.45, 2.75) is 25.8 Å². The summed E-state index contributed by atoms with van der Waals surface area (Å²) in [6.07, 6.45) is 8.71. The Balaban J connectivity index is 1.27. The molecule has 0 atom stereocenters. The lowest BCUT2D eigenvalue weighted by Gasteiger charge is -2.27.